The first-order valence-corrected chi connectivity index (χ1v) is 10.3. The van der Waals surface area contributed by atoms with E-state index in [4.69, 9.17) is 22.1 Å². The summed E-state index contributed by atoms with van der Waals surface area (Å²) < 4.78 is 10.0. The summed E-state index contributed by atoms with van der Waals surface area (Å²) in [7, 11) is 1.70. The van der Waals surface area contributed by atoms with Gasteiger partial charge in [-0.15, -0.1) is 0 Å². The van der Waals surface area contributed by atoms with Crippen LogP contribution in [0.2, 0.25) is 0 Å². The minimum atomic E-state index is 0.717. The predicted molar refractivity (Wildman–Crippen MR) is 119 cm³/mol. The molecule has 0 bridgehead atoms. The van der Waals surface area contributed by atoms with E-state index in [0.717, 1.165) is 54.9 Å². The van der Waals surface area contributed by atoms with Crippen LogP contribution in [0.1, 0.15) is 11.4 Å². The highest BCUT2D eigenvalue weighted by Gasteiger charge is 2.19. The fourth-order valence-electron chi connectivity index (χ4n) is 3.83. The van der Waals surface area contributed by atoms with Gasteiger partial charge in [0.1, 0.15) is 11.6 Å². The number of para-hydroxylation sites is 1. The number of hydrogen-bond acceptors (Lipinski definition) is 5. The maximum absolute atomic E-state index is 5.76. The van der Waals surface area contributed by atoms with Gasteiger partial charge in [0.15, 0.2) is 0 Å². The lowest BCUT2D eigenvalue weighted by molar-refractivity contribution is 0.194. The molecule has 1 saturated heterocycles. The summed E-state index contributed by atoms with van der Waals surface area (Å²) in [4.78, 5) is 4.82. The van der Waals surface area contributed by atoms with Crippen LogP contribution in [0.5, 0.6) is 5.75 Å². The zero-order valence-electron chi connectivity index (χ0n) is 17.2. The van der Waals surface area contributed by atoms with E-state index in [1.54, 1.807) is 7.11 Å². The van der Waals surface area contributed by atoms with Crippen molar-refractivity contribution in [1.29, 1.82) is 0 Å². The lowest BCUT2D eigenvalue weighted by atomic mass is 10.2. The second kappa shape index (κ2) is 8.39. The largest absolute Gasteiger partial charge is 0.497 e. The number of piperazine rings is 1. The van der Waals surface area contributed by atoms with E-state index in [2.05, 4.69) is 45.6 Å². The molecule has 0 amide bonds. The highest BCUT2D eigenvalue weighted by atomic mass is 32.1. The van der Waals surface area contributed by atoms with Gasteiger partial charge in [-0.05, 0) is 62.0 Å². The molecule has 4 rings (SSSR count). The Hall–Kier alpha value is -2.64. The number of ether oxygens (including phenoxy) is 1. The van der Waals surface area contributed by atoms with Gasteiger partial charge in [0.05, 0.1) is 19.5 Å². The van der Waals surface area contributed by atoms with Crippen LogP contribution >= 0.6 is 12.2 Å². The first-order chi connectivity index (χ1) is 14.1. The average Bonchev–Trinajstić information content (AvgIpc) is 3.02. The van der Waals surface area contributed by atoms with Crippen molar-refractivity contribution in [3.8, 4) is 11.4 Å². The maximum atomic E-state index is 5.76. The number of anilines is 1. The van der Waals surface area contributed by atoms with Crippen molar-refractivity contribution in [2.24, 2.45) is 0 Å². The van der Waals surface area contributed by atoms with E-state index >= 15 is 0 Å². The minimum Gasteiger partial charge on any atom is -0.497 e. The Morgan fingerprint density at radius 3 is 2.31 bits per heavy atom. The van der Waals surface area contributed by atoms with Crippen LogP contribution in [-0.4, -0.2) is 52.5 Å². The number of aryl methyl sites for hydroxylation is 2. The summed E-state index contributed by atoms with van der Waals surface area (Å²) >= 11 is 5.76. The van der Waals surface area contributed by atoms with E-state index in [9.17, 15) is 0 Å². The molecule has 2 heterocycles. The zero-order valence-corrected chi connectivity index (χ0v) is 18.0. The number of nitrogens with zero attached hydrogens (tertiary/aromatic N) is 5. The first-order valence-electron chi connectivity index (χ1n) is 9.90. The summed E-state index contributed by atoms with van der Waals surface area (Å²) in [5.41, 5.74) is 3.53. The Morgan fingerprint density at radius 1 is 0.966 bits per heavy atom. The maximum Gasteiger partial charge on any atom is 0.203 e. The summed E-state index contributed by atoms with van der Waals surface area (Å²) in [6.07, 6.45) is 0. The summed E-state index contributed by atoms with van der Waals surface area (Å²) in [5.74, 6) is 1.81. The van der Waals surface area contributed by atoms with Crippen molar-refractivity contribution < 1.29 is 4.74 Å². The smallest absolute Gasteiger partial charge is 0.203 e. The van der Waals surface area contributed by atoms with Crippen LogP contribution in [-0.2, 0) is 6.67 Å². The van der Waals surface area contributed by atoms with E-state index in [1.807, 2.05) is 35.9 Å². The van der Waals surface area contributed by atoms with Gasteiger partial charge in [-0.25, -0.2) is 4.68 Å². The standard InChI is InChI=1S/C22H27N5OS/c1-17-6-4-5-7-21(17)27-18(2)23-26(22(27)29)16-24-12-14-25(15-13-24)19-8-10-20(28-3)11-9-19/h4-11H,12-16H2,1-3H3. The molecule has 0 unspecified atom stereocenters. The van der Waals surface area contributed by atoms with Gasteiger partial charge < -0.3 is 9.64 Å². The van der Waals surface area contributed by atoms with Crippen LogP contribution in [0.25, 0.3) is 5.69 Å². The Balaban J connectivity index is 1.44. The van der Waals surface area contributed by atoms with E-state index in [1.165, 1.54) is 11.3 Å². The normalized spacial score (nSPS) is 14.9. The number of aromatic nitrogens is 3. The molecule has 6 nitrogen and oxygen atoms in total. The van der Waals surface area contributed by atoms with Gasteiger partial charge >= 0.3 is 0 Å². The third kappa shape index (κ3) is 4.06. The lowest BCUT2D eigenvalue weighted by Gasteiger charge is -2.35. The molecular weight excluding hydrogens is 382 g/mol. The molecule has 0 atom stereocenters. The average molecular weight is 410 g/mol. The highest BCUT2D eigenvalue weighted by Crippen LogP contribution is 2.21. The van der Waals surface area contributed by atoms with Crippen molar-refractivity contribution in [3.63, 3.8) is 0 Å². The van der Waals surface area contributed by atoms with Gasteiger partial charge in [0.2, 0.25) is 4.77 Å². The fourth-order valence-corrected chi connectivity index (χ4v) is 4.16. The number of methoxy groups -OCH3 is 1. The second-order valence-electron chi connectivity index (χ2n) is 7.40. The van der Waals surface area contributed by atoms with Gasteiger partial charge in [-0.3, -0.25) is 9.47 Å². The molecule has 1 aromatic heterocycles. The zero-order chi connectivity index (χ0) is 20.4. The topological polar surface area (TPSA) is 38.5 Å². The lowest BCUT2D eigenvalue weighted by Crippen LogP contribution is -2.47. The minimum absolute atomic E-state index is 0.717. The molecule has 0 spiro atoms. The number of benzene rings is 2. The molecule has 1 aliphatic heterocycles. The SMILES string of the molecule is COc1ccc(N2CCN(Cn3nc(C)n(-c4ccccc4C)c3=S)CC2)cc1. The van der Waals surface area contributed by atoms with Crippen molar-refractivity contribution in [1.82, 2.24) is 19.2 Å². The first kappa shape index (κ1) is 19.7. The second-order valence-corrected chi connectivity index (χ2v) is 7.76. The van der Waals surface area contributed by atoms with Crippen molar-refractivity contribution in [2.75, 3.05) is 38.2 Å². The van der Waals surface area contributed by atoms with Gasteiger partial charge in [-0.2, -0.15) is 5.10 Å². The Morgan fingerprint density at radius 2 is 1.66 bits per heavy atom. The molecule has 0 radical (unpaired) electrons. The van der Waals surface area contributed by atoms with E-state index in [0.29, 0.717) is 0 Å². The highest BCUT2D eigenvalue weighted by molar-refractivity contribution is 7.71. The third-order valence-electron chi connectivity index (χ3n) is 5.50. The summed E-state index contributed by atoms with van der Waals surface area (Å²) in [5, 5.41) is 4.72. The number of hydrogen-bond donors (Lipinski definition) is 0. The van der Waals surface area contributed by atoms with Gasteiger partial charge in [0, 0.05) is 31.9 Å². The van der Waals surface area contributed by atoms with Crippen LogP contribution < -0.4 is 9.64 Å². The molecule has 1 fully saturated rings. The van der Waals surface area contributed by atoms with Crippen LogP contribution in [0.4, 0.5) is 5.69 Å². The molecule has 0 N–H and O–H groups in total. The molecular formula is C22H27N5OS. The molecule has 1 aliphatic rings. The summed E-state index contributed by atoms with van der Waals surface area (Å²) in [6, 6.07) is 16.6. The number of rotatable bonds is 5. The van der Waals surface area contributed by atoms with Gasteiger partial charge in [-0.1, -0.05) is 18.2 Å². The van der Waals surface area contributed by atoms with Crippen LogP contribution in [0.15, 0.2) is 48.5 Å². The molecule has 7 heteroatoms. The quantitative estimate of drug-likeness (QED) is 0.599. The van der Waals surface area contributed by atoms with Crippen LogP contribution in [0.3, 0.4) is 0 Å². The molecule has 3 aromatic rings. The molecule has 152 valence electrons. The van der Waals surface area contributed by atoms with E-state index in [-0.39, 0.29) is 0 Å². The van der Waals surface area contributed by atoms with Crippen molar-refractivity contribution in [2.45, 2.75) is 20.5 Å². The Labute approximate surface area is 176 Å². The van der Waals surface area contributed by atoms with Gasteiger partial charge in [0.25, 0.3) is 0 Å². The Bertz CT molecular complexity index is 1030. The van der Waals surface area contributed by atoms with E-state index < -0.39 is 0 Å². The van der Waals surface area contributed by atoms with Crippen molar-refractivity contribution in [3.05, 3.63) is 64.7 Å². The Kier molecular flexibility index (Phi) is 5.69. The molecule has 0 saturated carbocycles. The summed E-state index contributed by atoms with van der Waals surface area (Å²) in [6.45, 7) is 8.75. The molecule has 2 aromatic carbocycles. The fraction of sp³-hybridized carbons (Fsp3) is 0.364. The molecule has 29 heavy (non-hydrogen) atoms. The third-order valence-corrected chi connectivity index (χ3v) is 5.89. The van der Waals surface area contributed by atoms with Crippen molar-refractivity contribution >= 4 is 17.9 Å². The van der Waals surface area contributed by atoms with Crippen LogP contribution in [0, 0.1) is 18.6 Å². The predicted octanol–water partition coefficient (Wildman–Crippen LogP) is 3.81. The molecule has 0 aliphatic carbocycles. The monoisotopic (exact) mass is 409 g/mol.